The van der Waals surface area contributed by atoms with Gasteiger partial charge in [0.15, 0.2) is 0 Å². The quantitative estimate of drug-likeness (QED) is 0.356. The molecule has 0 aliphatic carbocycles. The number of carbonyl (C=O) groups excluding carboxylic acids is 1. The lowest BCUT2D eigenvalue weighted by atomic mass is 10.1. The molecule has 0 bridgehead atoms. The van der Waals surface area contributed by atoms with Gasteiger partial charge in [-0.1, -0.05) is 23.3 Å². The van der Waals surface area contributed by atoms with Crippen molar-refractivity contribution in [3.05, 3.63) is 80.2 Å². The molecule has 0 fully saturated rings. The molecule has 0 saturated heterocycles. The standard InChI is InChI=1S/C16H11N5O6S/c22-15(10-6-11(20(23)24)8-12(7-10)21(25)26)17-16-19-18-14(27-16)9-28-13-4-2-1-3-5-13/h1-8H,9H2,(H,17,19,22). The third kappa shape index (κ3) is 4.67. The van der Waals surface area contributed by atoms with Crippen LogP contribution in [0.5, 0.6) is 0 Å². The third-order valence-corrected chi connectivity index (χ3v) is 4.38. The number of hydrogen-bond donors (Lipinski definition) is 1. The highest BCUT2D eigenvalue weighted by atomic mass is 32.2. The molecule has 3 aromatic rings. The zero-order valence-electron chi connectivity index (χ0n) is 14.0. The first-order valence-electron chi connectivity index (χ1n) is 7.68. The van der Waals surface area contributed by atoms with Crippen molar-refractivity contribution in [2.75, 3.05) is 5.32 Å². The number of aromatic nitrogens is 2. The minimum absolute atomic E-state index is 0.220. The fourth-order valence-electron chi connectivity index (χ4n) is 2.13. The Balaban J connectivity index is 1.70. The lowest BCUT2D eigenvalue weighted by Crippen LogP contribution is -2.13. The molecule has 1 heterocycles. The number of carbonyl (C=O) groups is 1. The second-order valence-electron chi connectivity index (χ2n) is 5.31. The first-order valence-corrected chi connectivity index (χ1v) is 8.66. The Morgan fingerprint density at radius 2 is 1.68 bits per heavy atom. The van der Waals surface area contributed by atoms with E-state index in [1.54, 1.807) is 0 Å². The molecule has 1 N–H and O–H groups in total. The van der Waals surface area contributed by atoms with Gasteiger partial charge in [0.25, 0.3) is 17.3 Å². The zero-order chi connectivity index (χ0) is 20.1. The highest BCUT2D eigenvalue weighted by Crippen LogP contribution is 2.24. The summed E-state index contributed by atoms with van der Waals surface area (Å²) < 4.78 is 5.31. The molecule has 11 nitrogen and oxygen atoms in total. The van der Waals surface area contributed by atoms with Crippen LogP contribution < -0.4 is 5.32 Å². The van der Waals surface area contributed by atoms with Crippen molar-refractivity contribution in [2.45, 2.75) is 10.6 Å². The van der Waals surface area contributed by atoms with Gasteiger partial charge in [-0.15, -0.1) is 16.9 Å². The molecule has 1 aromatic heterocycles. The topological polar surface area (TPSA) is 154 Å². The van der Waals surface area contributed by atoms with Crippen LogP contribution in [0.2, 0.25) is 0 Å². The summed E-state index contributed by atoms with van der Waals surface area (Å²) in [6.07, 6.45) is 0. The number of thioether (sulfide) groups is 1. The van der Waals surface area contributed by atoms with Crippen LogP contribution >= 0.6 is 11.8 Å². The Bertz CT molecular complexity index is 1010. The summed E-state index contributed by atoms with van der Waals surface area (Å²) in [4.78, 5) is 33.4. The third-order valence-electron chi connectivity index (χ3n) is 3.38. The van der Waals surface area contributed by atoms with Gasteiger partial charge in [-0.3, -0.25) is 30.3 Å². The second-order valence-corrected chi connectivity index (χ2v) is 6.36. The van der Waals surface area contributed by atoms with Crippen LogP contribution in [0.25, 0.3) is 0 Å². The van der Waals surface area contributed by atoms with Crippen LogP contribution in [-0.4, -0.2) is 26.0 Å². The number of nitro benzene ring substituents is 2. The van der Waals surface area contributed by atoms with Crippen molar-refractivity contribution < 1.29 is 19.1 Å². The van der Waals surface area contributed by atoms with E-state index in [4.69, 9.17) is 4.42 Å². The summed E-state index contributed by atoms with van der Waals surface area (Å²) in [5.41, 5.74) is -1.44. The van der Waals surface area contributed by atoms with Gasteiger partial charge < -0.3 is 4.42 Å². The van der Waals surface area contributed by atoms with Crippen molar-refractivity contribution in [3.8, 4) is 0 Å². The fraction of sp³-hybridized carbons (Fsp3) is 0.0625. The average Bonchev–Trinajstić information content (AvgIpc) is 3.14. The van der Waals surface area contributed by atoms with Crippen molar-refractivity contribution in [1.29, 1.82) is 0 Å². The van der Waals surface area contributed by atoms with Gasteiger partial charge in [-0.25, -0.2) is 0 Å². The van der Waals surface area contributed by atoms with Gasteiger partial charge >= 0.3 is 6.01 Å². The Hall–Kier alpha value is -3.80. The van der Waals surface area contributed by atoms with Crippen LogP contribution in [-0.2, 0) is 5.75 Å². The Morgan fingerprint density at radius 3 is 2.29 bits per heavy atom. The van der Waals surface area contributed by atoms with Gasteiger partial charge in [0.1, 0.15) is 0 Å². The largest absolute Gasteiger partial charge is 0.407 e. The Morgan fingerprint density at radius 1 is 1.04 bits per heavy atom. The first-order chi connectivity index (χ1) is 13.4. The van der Waals surface area contributed by atoms with Gasteiger partial charge in [0, 0.05) is 17.0 Å². The maximum Gasteiger partial charge on any atom is 0.322 e. The molecule has 0 unspecified atom stereocenters. The van der Waals surface area contributed by atoms with E-state index in [2.05, 4.69) is 15.5 Å². The molecule has 3 rings (SSSR count). The van der Waals surface area contributed by atoms with Gasteiger partial charge in [0.2, 0.25) is 5.89 Å². The van der Waals surface area contributed by atoms with Gasteiger partial charge in [-0.05, 0) is 12.1 Å². The van der Waals surface area contributed by atoms with Crippen LogP contribution in [0.1, 0.15) is 16.2 Å². The van der Waals surface area contributed by atoms with E-state index in [9.17, 15) is 25.0 Å². The molecular weight excluding hydrogens is 390 g/mol. The number of nitrogens with zero attached hydrogens (tertiary/aromatic N) is 4. The van der Waals surface area contributed by atoms with Gasteiger partial charge in [-0.2, -0.15) is 0 Å². The monoisotopic (exact) mass is 401 g/mol. The number of benzene rings is 2. The van der Waals surface area contributed by atoms with E-state index in [0.717, 1.165) is 23.1 Å². The molecule has 0 radical (unpaired) electrons. The molecule has 0 aliphatic heterocycles. The van der Waals surface area contributed by atoms with E-state index >= 15 is 0 Å². The zero-order valence-corrected chi connectivity index (χ0v) is 14.8. The highest BCUT2D eigenvalue weighted by molar-refractivity contribution is 7.98. The van der Waals surface area contributed by atoms with E-state index in [0.29, 0.717) is 5.75 Å². The summed E-state index contributed by atoms with van der Waals surface area (Å²) in [6, 6.07) is 11.9. The van der Waals surface area contributed by atoms with E-state index in [1.807, 2.05) is 30.3 Å². The van der Waals surface area contributed by atoms with Crippen molar-refractivity contribution in [1.82, 2.24) is 10.2 Å². The molecule has 0 aliphatic rings. The number of amides is 1. The second kappa shape index (κ2) is 8.26. The van der Waals surface area contributed by atoms with E-state index in [-0.39, 0.29) is 17.5 Å². The Kier molecular flexibility index (Phi) is 5.60. The van der Waals surface area contributed by atoms with Crippen LogP contribution in [0.4, 0.5) is 17.4 Å². The number of nitro groups is 2. The summed E-state index contributed by atoms with van der Waals surface area (Å²) in [7, 11) is 0. The Labute approximate surface area is 161 Å². The van der Waals surface area contributed by atoms with Crippen molar-refractivity contribution in [2.24, 2.45) is 0 Å². The van der Waals surface area contributed by atoms with Crippen molar-refractivity contribution >= 4 is 35.1 Å². The molecule has 2 aromatic carbocycles. The maximum absolute atomic E-state index is 12.3. The summed E-state index contributed by atoms with van der Waals surface area (Å²) >= 11 is 1.45. The fourth-order valence-corrected chi connectivity index (χ4v) is 2.89. The number of non-ortho nitro benzene ring substituents is 2. The summed E-state index contributed by atoms with van der Waals surface area (Å²) in [5, 5.41) is 31.6. The van der Waals surface area contributed by atoms with Gasteiger partial charge in [0.05, 0.1) is 27.2 Å². The highest BCUT2D eigenvalue weighted by Gasteiger charge is 2.21. The summed E-state index contributed by atoms with van der Waals surface area (Å²) in [5.74, 6) is -0.221. The lowest BCUT2D eigenvalue weighted by Gasteiger charge is -2.01. The number of anilines is 1. The lowest BCUT2D eigenvalue weighted by molar-refractivity contribution is -0.394. The minimum Gasteiger partial charge on any atom is -0.407 e. The van der Waals surface area contributed by atoms with Crippen LogP contribution in [0, 0.1) is 20.2 Å². The molecule has 1 amide bonds. The normalized spacial score (nSPS) is 10.4. The maximum atomic E-state index is 12.3. The number of nitrogens with one attached hydrogen (secondary N) is 1. The molecule has 142 valence electrons. The van der Waals surface area contributed by atoms with E-state index < -0.39 is 27.1 Å². The van der Waals surface area contributed by atoms with Crippen molar-refractivity contribution in [3.63, 3.8) is 0 Å². The number of hydrogen-bond acceptors (Lipinski definition) is 9. The molecular formula is C16H11N5O6S. The predicted octanol–water partition coefficient (Wildman–Crippen LogP) is 3.43. The van der Waals surface area contributed by atoms with E-state index in [1.165, 1.54) is 11.8 Å². The smallest absolute Gasteiger partial charge is 0.322 e. The average molecular weight is 401 g/mol. The summed E-state index contributed by atoms with van der Waals surface area (Å²) in [6.45, 7) is 0. The molecule has 0 spiro atoms. The van der Waals surface area contributed by atoms with Crippen LogP contribution in [0.15, 0.2) is 57.8 Å². The molecule has 12 heteroatoms. The predicted molar refractivity (Wildman–Crippen MR) is 98.0 cm³/mol. The molecule has 28 heavy (non-hydrogen) atoms. The first kappa shape index (κ1) is 19.0. The SMILES string of the molecule is O=C(Nc1nnc(CSc2ccccc2)o1)c1cc([N+](=O)[O-])cc([N+](=O)[O-])c1. The number of rotatable bonds is 7. The molecule has 0 atom stereocenters. The van der Waals surface area contributed by atoms with Crippen LogP contribution in [0.3, 0.4) is 0 Å². The molecule has 0 saturated carbocycles. The minimum atomic E-state index is -0.849.